The first-order valence-electron chi connectivity index (χ1n) is 9.26. The van der Waals surface area contributed by atoms with Crippen molar-refractivity contribution in [3.05, 3.63) is 52.1 Å². The fourth-order valence-electron chi connectivity index (χ4n) is 2.72. The molecule has 0 aliphatic carbocycles. The molecule has 0 spiro atoms. The number of nitrogens with zero attached hydrogens (tertiary/aromatic N) is 3. The molecule has 2 aromatic carbocycles. The Morgan fingerprint density at radius 2 is 2.14 bits per heavy atom. The van der Waals surface area contributed by atoms with Crippen LogP contribution in [-0.2, 0) is 0 Å². The molecule has 0 aliphatic rings. The molecule has 0 atom stereocenters. The Balaban J connectivity index is 1.78. The Bertz CT molecular complexity index is 986. The third-order valence-electron chi connectivity index (χ3n) is 4.14. The number of hydrogen-bond acceptors (Lipinski definition) is 8. The number of nitro groups is 1. The lowest BCUT2D eigenvalue weighted by molar-refractivity contribution is -0.386. The number of benzene rings is 2. The molecule has 0 fully saturated rings. The highest BCUT2D eigenvalue weighted by Crippen LogP contribution is 2.38. The van der Waals surface area contributed by atoms with Crippen LogP contribution in [0.1, 0.15) is 31.7 Å². The number of nitrogens with one attached hydrogen (secondary N) is 1. The topological polar surface area (TPSA) is 98.9 Å². The number of para-hydroxylation sites is 1. The van der Waals surface area contributed by atoms with Crippen LogP contribution in [0, 0.1) is 10.1 Å². The van der Waals surface area contributed by atoms with Crippen LogP contribution >= 0.6 is 11.3 Å². The average Bonchev–Trinajstić information content (AvgIpc) is 3.14. The number of nitro benzene ring substituents is 1. The third kappa shape index (κ3) is 5.20. The number of aromatic nitrogens is 1. The van der Waals surface area contributed by atoms with Crippen molar-refractivity contribution in [2.45, 2.75) is 26.2 Å². The maximum atomic E-state index is 11.5. The number of fused-ring (bicyclic) bond motifs is 1. The van der Waals surface area contributed by atoms with Crippen molar-refractivity contribution in [1.82, 2.24) is 4.98 Å². The molecule has 0 saturated carbocycles. The zero-order valence-corrected chi connectivity index (χ0v) is 17.1. The molecule has 0 unspecified atom stereocenters. The van der Waals surface area contributed by atoms with Gasteiger partial charge in [0, 0.05) is 11.6 Å². The Hall–Kier alpha value is -3.20. The molecule has 3 rings (SSSR count). The molecular formula is C20H22N4O4S. The van der Waals surface area contributed by atoms with Crippen LogP contribution in [0.15, 0.2) is 41.5 Å². The molecule has 0 bridgehead atoms. The van der Waals surface area contributed by atoms with Crippen molar-refractivity contribution in [3.63, 3.8) is 0 Å². The maximum Gasteiger partial charge on any atom is 0.315 e. The highest BCUT2D eigenvalue weighted by Gasteiger charge is 2.22. The lowest BCUT2D eigenvalue weighted by Gasteiger charge is -2.11. The predicted octanol–water partition coefficient (Wildman–Crippen LogP) is 5.23. The van der Waals surface area contributed by atoms with Crippen molar-refractivity contribution in [1.29, 1.82) is 0 Å². The molecule has 0 amide bonds. The summed E-state index contributed by atoms with van der Waals surface area (Å²) in [7, 11) is 1.46. The molecule has 29 heavy (non-hydrogen) atoms. The summed E-state index contributed by atoms with van der Waals surface area (Å²) in [6.07, 6.45) is 4.35. The van der Waals surface area contributed by atoms with Crippen LogP contribution in [0.4, 0.5) is 10.8 Å². The van der Waals surface area contributed by atoms with Crippen LogP contribution in [0.3, 0.4) is 0 Å². The Labute approximate surface area is 172 Å². The molecule has 0 aliphatic heterocycles. The minimum atomic E-state index is -0.476. The number of anilines is 1. The number of rotatable bonds is 10. The molecule has 0 radical (unpaired) electrons. The van der Waals surface area contributed by atoms with E-state index in [1.807, 2.05) is 24.3 Å². The van der Waals surface area contributed by atoms with Gasteiger partial charge in [-0.05, 0) is 24.6 Å². The molecule has 152 valence electrons. The standard InChI is InChI=1S/C20H22N4O4S/c1-3-4-7-10-28-19-16(24(25)26)11-14(12-17(19)27-2)13-21-23-20-22-15-8-5-6-9-18(15)29-20/h5-6,8-9,11-13H,3-4,7,10H2,1-2H3,(H,22,23)/b21-13-. The van der Waals surface area contributed by atoms with Gasteiger partial charge in [0.15, 0.2) is 5.75 Å². The van der Waals surface area contributed by atoms with Gasteiger partial charge < -0.3 is 9.47 Å². The van der Waals surface area contributed by atoms with Gasteiger partial charge in [-0.1, -0.05) is 43.2 Å². The zero-order chi connectivity index (χ0) is 20.6. The first-order chi connectivity index (χ1) is 14.1. The summed E-state index contributed by atoms with van der Waals surface area (Å²) < 4.78 is 12.0. The highest BCUT2D eigenvalue weighted by atomic mass is 32.1. The second-order valence-corrected chi connectivity index (χ2v) is 7.27. The molecule has 1 N–H and O–H groups in total. The lowest BCUT2D eigenvalue weighted by Crippen LogP contribution is -2.04. The lowest BCUT2D eigenvalue weighted by atomic mass is 10.2. The fraction of sp³-hybridized carbons (Fsp3) is 0.300. The summed E-state index contributed by atoms with van der Waals surface area (Å²) >= 11 is 1.47. The molecule has 8 nitrogen and oxygen atoms in total. The van der Waals surface area contributed by atoms with Gasteiger partial charge in [-0.15, -0.1) is 0 Å². The molecule has 1 heterocycles. The van der Waals surface area contributed by atoms with Crippen LogP contribution in [0.2, 0.25) is 0 Å². The highest BCUT2D eigenvalue weighted by molar-refractivity contribution is 7.22. The number of methoxy groups -OCH3 is 1. The second kappa shape index (κ2) is 9.83. The summed E-state index contributed by atoms with van der Waals surface area (Å²) in [5, 5.41) is 16.3. The fourth-order valence-corrected chi connectivity index (χ4v) is 3.54. The Kier molecular flexibility index (Phi) is 6.96. The van der Waals surface area contributed by atoms with E-state index < -0.39 is 4.92 Å². The Morgan fingerprint density at radius 3 is 2.86 bits per heavy atom. The van der Waals surface area contributed by atoms with E-state index in [1.54, 1.807) is 6.07 Å². The summed E-state index contributed by atoms with van der Waals surface area (Å²) in [6.45, 7) is 2.48. The quantitative estimate of drug-likeness (QED) is 0.211. The first-order valence-corrected chi connectivity index (χ1v) is 10.1. The van der Waals surface area contributed by atoms with E-state index in [0.717, 1.165) is 29.5 Å². The number of hydrazone groups is 1. The van der Waals surface area contributed by atoms with E-state index in [1.165, 1.54) is 30.7 Å². The van der Waals surface area contributed by atoms with Gasteiger partial charge >= 0.3 is 5.69 Å². The molecule has 1 aromatic heterocycles. The Morgan fingerprint density at radius 1 is 1.31 bits per heavy atom. The first kappa shape index (κ1) is 20.5. The van der Waals surface area contributed by atoms with Crippen molar-refractivity contribution < 1.29 is 14.4 Å². The van der Waals surface area contributed by atoms with Crippen LogP contribution in [0.5, 0.6) is 11.5 Å². The zero-order valence-electron chi connectivity index (χ0n) is 16.3. The van der Waals surface area contributed by atoms with Crippen molar-refractivity contribution in [3.8, 4) is 11.5 Å². The van der Waals surface area contributed by atoms with E-state index in [0.29, 0.717) is 23.1 Å². The van der Waals surface area contributed by atoms with Gasteiger partial charge in [0.2, 0.25) is 10.9 Å². The van der Waals surface area contributed by atoms with Gasteiger partial charge in [0.1, 0.15) is 0 Å². The van der Waals surface area contributed by atoms with E-state index in [-0.39, 0.29) is 11.4 Å². The summed E-state index contributed by atoms with van der Waals surface area (Å²) in [5.74, 6) is 0.446. The van der Waals surface area contributed by atoms with Crippen molar-refractivity contribution in [2.24, 2.45) is 5.10 Å². The molecule has 9 heteroatoms. The largest absolute Gasteiger partial charge is 0.493 e. The van der Waals surface area contributed by atoms with E-state index in [4.69, 9.17) is 9.47 Å². The smallest absolute Gasteiger partial charge is 0.315 e. The van der Waals surface area contributed by atoms with Crippen LogP contribution in [0.25, 0.3) is 10.2 Å². The van der Waals surface area contributed by atoms with E-state index in [2.05, 4.69) is 22.4 Å². The van der Waals surface area contributed by atoms with Gasteiger partial charge in [-0.25, -0.2) is 4.98 Å². The summed E-state index contributed by atoms with van der Waals surface area (Å²) in [4.78, 5) is 15.5. The van der Waals surface area contributed by atoms with E-state index >= 15 is 0 Å². The third-order valence-corrected chi connectivity index (χ3v) is 5.08. The average molecular weight is 414 g/mol. The van der Waals surface area contributed by atoms with E-state index in [9.17, 15) is 10.1 Å². The number of thiazole rings is 1. The summed E-state index contributed by atoms with van der Waals surface area (Å²) in [6, 6.07) is 10.9. The number of ether oxygens (including phenoxy) is 2. The van der Waals surface area contributed by atoms with Crippen molar-refractivity contribution >= 4 is 38.6 Å². The van der Waals surface area contributed by atoms with Crippen LogP contribution < -0.4 is 14.9 Å². The van der Waals surface area contributed by atoms with Gasteiger partial charge in [-0.3, -0.25) is 15.5 Å². The predicted molar refractivity (Wildman–Crippen MR) is 116 cm³/mol. The van der Waals surface area contributed by atoms with Crippen molar-refractivity contribution in [2.75, 3.05) is 19.1 Å². The minimum Gasteiger partial charge on any atom is -0.493 e. The number of hydrogen-bond donors (Lipinski definition) is 1. The summed E-state index contributed by atoms with van der Waals surface area (Å²) in [5.41, 5.74) is 4.12. The maximum absolute atomic E-state index is 11.5. The van der Waals surface area contributed by atoms with Gasteiger partial charge in [0.25, 0.3) is 0 Å². The molecule has 0 saturated heterocycles. The van der Waals surface area contributed by atoms with Crippen LogP contribution in [-0.4, -0.2) is 29.8 Å². The molecule has 3 aromatic rings. The monoisotopic (exact) mass is 414 g/mol. The van der Waals surface area contributed by atoms with Gasteiger partial charge in [-0.2, -0.15) is 5.10 Å². The SMILES string of the molecule is CCCCCOc1c(OC)cc(/C=N\Nc2nc3ccccc3s2)cc1[N+](=O)[O-]. The molecular weight excluding hydrogens is 392 g/mol. The minimum absolute atomic E-state index is 0.143. The normalized spacial score (nSPS) is 11.1. The second-order valence-electron chi connectivity index (χ2n) is 6.24. The number of unbranched alkanes of at least 4 members (excludes halogenated alkanes) is 2. The van der Waals surface area contributed by atoms with Gasteiger partial charge in [0.05, 0.1) is 35.1 Å².